The number of nitrogens with one attached hydrogen (secondary N) is 1. The second kappa shape index (κ2) is 5.36. The van der Waals surface area contributed by atoms with Crippen molar-refractivity contribution < 1.29 is 9.90 Å². The Bertz CT molecular complexity index is 313. The number of carbonyl (C=O) groups excluding carboxylic acids is 1. The fourth-order valence-electron chi connectivity index (χ4n) is 1.18. The lowest BCUT2D eigenvalue weighted by atomic mass is 10.1. The molecule has 1 rings (SSSR count). The second-order valence-corrected chi connectivity index (χ2v) is 2.84. The highest BCUT2D eigenvalue weighted by Gasteiger charge is 2.07. The molecule has 1 aromatic rings. The van der Waals surface area contributed by atoms with Crippen molar-refractivity contribution in [3.05, 3.63) is 35.4 Å². The SMILES string of the molecule is NCc1ccccc1C(=O)NCCO. The van der Waals surface area contributed by atoms with Gasteiger partial charge in [-0.25, -0.2) is 0 Å². The third-order valence-corrected chi connectivity index (χ3v) is 1.88. The first-order valence-corrected chi connectivity index (χ1v) is 4.46. The number of hydrogen-bond donors (Lipinski definition) is 3. The summed E-state index contributed by atoms with van der Waals surface area (Å²) in [6.07, 6.45) is 0. The first-order valence-electron chi connectivity index (χ1n) is 4.46. The second-order valence-electron chi connectivity index (χ2n) is 2.84. The first-order chi connectivity index (χ1) is 6.79. The highest BCUT2D eigenvalue weighted by molar-refractivity contribution is 5.95. The standard InChI is InChI=1S/C10H14N2O2/c11-7-8-3-1-2-4-9(8)10(14)12-5-6-13/h1-4,13H,5-7,11H2,(H,12,14). The zero-order valence-electron chi connectivity index (χ0n) is 7.86. The molecule has 0 heterocycles. The maximum Gasteiger partial charge on any atom is 0.251 e. The predicted octanol–water partition coefficient (Wildman–Crippen LogP) is -0.133. The van der Waals surface area contributed by atoms with E-state index in [4.69, 9.17) is 10.8 Å². The molecule has 0 unspecified atom stereocenters. The summed E-state index contributed by atoms with van der Waals surface area (Å²) in [7, 11) is 0. The van der Waals surface area contributed by atoms with Crippen molar-refractivity contribution in [1.82, 2.24) is 5.32 Å². The molecule has 4 nitrogen and oxygen atoms in total. The number of nitrogens with two attached hydrogens (primary N) is 1. The lowest BCUT2D eigenvalue weighted by Gasteiger charge is -2.07. The fourth-order valence-corrected chi connectivity index (χ4v) is 1.18. The van der Waals surface area contributed by atoms with Gasteiger partial charge in [0.2, 0.25) is 0 Å². The molecule has 0 aromatic heterocycles. The average Bonchev–Trinajstić information content (AvgIpc) is 2.25. The molecule has 0 spiro atoms. The normalized spacial score (nSPS) is 9.86. The lowest BCUT2D eigenvalue weighted by Crippen LogP contribution is -2.27. The number of carbonyl (C=O) groups is 1. The van der Waals surface area contributed by atoms with E-state index in [-0.39, 0.29) is 19.1 Å². The molecule has 0 saturated carbocycles. The molecule has 0 aliphatic heterocycles. The topological polar surface area (TPSA) is 75.4 Å². The Hall–Kier alpha value is -1.39. The molecular formula is C10H14N2O2. The molecular weight excluding hydrogens is 180 g/mol. The van der Waals surface area contributed by atoms with Crippen LogP contribution < -0.4 is 11.1 Å². The zero-order chi connectivity index (χ0) is 10.4. The van der Waals surface area contributed by atoms with Gasteiger partial charge >= 0.3 is 0 Å². The fraction of sp³-hybridized carbons (Fsp3) is 0.300. The van der Waals surface area contributed by atoms with Crippen LogP contribution in [0.3, 0.4) is 0 Å². The molecule has 4 N–H and O–H groups in total. The molecule has 14 heavy (non-hydrogen) atoms. The number of hydrogen-bond acceptors (Lipinski definition) is 3. The summed E-state index contributed by atoms with van der Waals surface area (Å²) in [6.45, 7) is 0.539. The van der Waals surface area contributed by atoms with E-state index in [2.05, 4.69) is 5.32 Å². The van der Waals surface area contributed by atoms with Crippen LogP contribution in [0.4, 0.5) is 0 Å². The number of amides is 1. The van der Waals surface area contributed by atoms with E-state index >= 15 is 0 Å². The first kappa shape index (κ1) is 10.7. The molecule has 0 radical (unpaired) electrons. The Labute approximate surface area is 82.7 Å². The van der Waals surface area contributed by atoms with Crippen molar-refractivity contribution in [2.24, 2.45) is 5.73 Å². The van der Waals surface area contributed by atoms with E-state index in [0.29, 0.717) is 12.1 Å². The van der Waals surface area contributed by atoms with E-state index in [9.17, 15) is 4.79 Å². The van der Waals surface area contributed by atoms with Gasteiger partial charge in [-0.05, 0) is 11.6 Å². The quantitative estimate of drug-likeness (QED) is 0.625. The Morgan fingerprint density at radius 1 is 1.43 bits per heavy atom. The van der Waals surface area contributed by atoms with Crippen LogP contribution in [0.25, 0.3) is 0 Å². The van der Waals surface area contributed by atoms with E-state index in [1.807, 2.05) is 12.1 Å². The Kier molecular flexibility index (Phi) is 4.10. The summed E-state index contributed by atoms with van der Waals surface area (Å²) in [4.78, 5) is 11.5. The Morgan fingerprint density at radius 2 is 2.14 bits per heavy atom. The highest BCUT2D eigenvalue weighted by atomic mass is 16.3. The van der Waals surface area contributed by atoms with E-state index in [0.717, 1.165) is 5.56 Å². The molecule has 76 valence electrons. The monoisotopic (exact) mass is 194 g/mol. The molecule has 4 heteroatoms. The summed E-state index contributed by atoms with van der Waals surface area (Å²) in [5.41, 5.74) is 6.87. The summed E-state index contributed by atoms with van der Waals surface area (Å²) < 4.78 is 0. The van der Waals surface area contributed by atoms with Crippen LogP contribution in [-0.4, -0.2) is 24.2 Å². The zero-order valence-corrected chi connectivity index (χ0v) is 7.86. The van der Waals surface area contributed by atoms with Gasteiger partial charge in [0.15, 0.2) is 0 Å². The van der Waals surface area contributed by atoms with Gasteiger partial charge in [0.25, 0.3) is 5.91 Å². The maximum atomic E-state index is 11.5. The Morgan fingerprint density at radius 3 is 2.79 bits per heavy atom. The van der Waals surface area contributed by atoms with E-state index in [1.54, 1.807) is 12.1 Å². The predicted molar refractivity (Wildman–Crippen MR) is 53.8 cm³/mol. The van der Waals surface area contributed by atoms with Gasteiger partial charge in [-0.3, -0.25) is 4.79 Å². The van der Waals surface area contributed by atoms with Crippen LogP contribution in [0.2, 0.25) is 0 Å². The minimum absolute atomic E-state index is 0.0590. The smallest absolute Gasteiger partial charge is 0.251 e. The largest absolute Gasteiger partial charge is 0.395 e. The third kappa shape index (κ3) is 2.55. The molecule has 0 fully saturated rings. The van der Waals surface area contributed by atoms with Gasteiger partial charge in [-0.15, -0.1) is 0 Å². The van der Waals surface area contributed by atoms with Crippen molar-refractivity contribution in [3.8, 4) is 0 Å². The Balaban J connectivity index is 2.78. The van der Waals surface area contributed by atoms with Crippen LogP contribution >= 0.6 is 0 Å². The number of aliphatic hydroxyl groups is 1. The molecule has 0 aliphatic carbocycles. The number of aliphatic hydroxyl groups excluding tert-OH is 1. The van der Waals surface area contributed by atoms with E-state index < -0.39 is 0 Å². The van der Waals surface area contributed by atoms with Crippen molar-refractivity contribution in [2.45, 2.75) is 6.54 Å². The maximum absolute atomic E-state index is 11.5. The van der Waals surface area contributed by atoms with Gasteiger partial charge in [-0.1, -0.05) is 18.2 Å². The molecule has 0 saturated heterocycles. The van der Waals surface area contributed by atoms with Gasteiger partial charge in [0.05, 0.1) is 6.61 Å². The van der Waals surface area contributed by atoms with Crippen LogP contribution in [0.1, 0.15) is 15.9 Å². The highest BCUT2D eigenvalue weighted by Crippen LogP contribution is 2.07. The summed E-state index contributed by atoms with van der Waals surface area (Å²) >= 11 is 0. The van der Waals surface area contributed by atoms with Gasteiger partial charge < -0.3 is 16.2 Å². The van der Waals surface area contributed by atoms with Crippen molar-refractivity contribution in [2.75, 3.05) is 13.2 Å². The van der Waals surface area contributed by atoms with Crippen molar-refractivity contribution in [1.29, 1.82) is 0 Å². The summed E-state index contributed by atoms with van der Waals surface area (Å²) in [6, 6.07) is 7.15. The molecule has 0 aliphatic rings. The lowest BCUT2D eigenvalue weighted by molar-refractivity contribution is 0.0944. The molecule has 0 atom stereocenters. The van der Waals surface area contributed by atoms with E-state index in [1.165, 1.54) is 0 Å². The minimum Gasteiger partial charge on any atom is -0.395 e. The van der Waals surface area contributed by atoms with Crippen molar-refractivity contribution >= 4 is 5.91 Å². The number of rotatable bonds is 4. The van der Waals surface area contributed by atoms with Gasteiger partial charge in [0, 0.05) is 18.7 Å². The molecule has 1 aromatic carbocycles. The number of benzene rings is 1. The summed E-state index contributed by atoms with van der Waals surface area (Å²) in [5.74, 6) is -0.194. The van der Waals surface area contributed by atoms with Crippen LogP contribution in [0, 0.1) is 0 Å². The summed E-state index contributed by atoms with van der Waals surface area (Å²) in [5, 5.41) is 11.1. The van der Waals surface area contributed by atoms with Gasteiger partial charge in [-0.2, -0.15) is 0 Å². The van der Waals surface area contributed by atoms with Crippen LogP contribution in [-0.2, 0) is 6.54 Å². The molecule has 1 amide bonds. The molecule has 0 bridgehead atoms. The average molecular weight is 194 g/mol. The third-order valence-electron chi connectivity index (χ3n) is 1.88. The van der Waals surface area contributed by atoms with Gasteiger partial charge in [0.1, 0.15) is 0 Å². The van der Waals surface area contributed by atoms with Crippen molar-refractivity contribution in [3.63, 3.8) is 0 Å². The van der Waals surface area contributed by atoms with Crippen LogP contribution in [0.15, 0.2) is 24.3 Å². The van der Waals surface area contributed by atoms with Crippen LogP contribution in [0.5, 0.6) is 0 Å². The minimum atomic E-state index is -0.194.